The van der Waals surface area contributed by atoms with E-state index in [0.29, 0.717) is 0 Å². The summed E-state index contributed by atoms with van der Waals surface area (Å²) < 4.78 is 0. The number of aliphatic hydroxyl groups is 4. The van der Waals surface area contributed by atoms with E-state index in [0.717, 1.165) is 44.5 Å². The van der Waals surface area contributed by atoms with Crippen molar-refractivity contribution in [3.8, 4) is 47.4 Å². The Morgan fingerprint density at radius 2 is 0.533 bits per heavy atom. The van der Waals surface area contributed by atoms with Crippen molar-refractivity contribution >= 4 is 0 Å². The Morgan fingerprint density at radius 3 is 0.689 bits per heavy atom. The van der Waals surface area contributed by atoms with Crippen molar-refractivity contribution in [1.82, 2.24) is 0 Å². The quantitative estimate of drug-likeness (QED) is 0.199. The third kappa shape index (κ3) is 8.54. The van der Waals surface area contributed by atoms with Crippen LogP contribution in [0.5, 0.6) is 0 Å². The fraction of sp³-hybridized carbons (Fsp3) is 0.220. The van der Waals surface area contributed by atoms with Gasteiger partial charge in [0.25, 0.3) is 0 Å². The Balaban J connectivity index is 2.01. The molecule has 45 heavy (non-hydrogen) atoms. The molecule has 4 heteroatoms. The molecular formula is C41H36O4. The van der Waals surface area contributed by atoms with Gasteiger partial charge in [0.05, 0.1) is 5.41 Å². The molecule has 0 aromatic heterocycles. The SMILES string of the molecule is C[C@@H](O)C#Cc1ccc(C(c2ccc(C#C[C@@H](C)O)cc2)(c2ccc(C#C[C@@H](C)O)cc2)c2ccc(C#C[C@@H](C)O)cc2)cc1. The van der Waals surface area contributed by atoms with Gasteiger partial charge in [0.2, 0.25) is 0 Å². The van der Waals surface area contributed by atoms with Gasteiger partial charge >= 0.3 is 0 Å². The van der Waals surface area contributed by atoms with Crippen LogP contribution < -0.4 is 0 Å². The molecule has 0 fully saturated rings. The van der Waals surface area contributed by atoms with Crippen molar-refractivity contribution in [2.45, 2.75) is 57.5 Å². The lowest BCUT2D eigenvalue weighted by Crippen LogP contribution is -2.31. The summed E-state index contributed by atoms with van der Waals surface area (Å²) in [6.45, 7) is 6.52. The first-order chi connectivity index (χ1) is 21.6. The van der Waals surface area contributed by atoms with Gasteiger partial charge in [0.1, 0.15) is 24.4 Å². The van der Waals surface area contributed by atoms with E-state index in [1.807, 2.05) is 48.5 Å². The molecule has 0 bridgehead atoms. The highest BCUT2D eigenvalue weighted by atomic mass is 16.3. The topological polar surface area (TPSA) is 80.9 Å². The predicted molar refractivity (Wildman–Crippen MR) is 179 cm³/mol. The van der Waals surface area contributed by atoms with Crippen molar-refractivity contribution in [3.63, 3.8) is 0 Å². The number of rotatable bonds is 4. The lowest BCUT2D eigenvalue weighted by Gasteiger charge is -2.37. The zero-order valence-corrected chi connectivity index (χ0v) is 25.8. The molecule has 4 nitrogen and oxygen atoms in total. The summed E-state index contributed by atoms with van der Waals surface area (Å²) in [7, 11) is 0. The van der Waals surface area contributed by atoms with E-state index in [9.17, 15) is 20.4 Å². The third-order valence-electron chi connectivity index (χ3n) is 6.97. The molecular weight excluding hydrogens is 556 g/mol. The Bertz CT molecular complexity index is 1550. The van der Waals surface area contributed by atoms with Gasteiger partial charge in [0, 0.05) is 22.3 Å². The second-order valence-corrected chi connectivity index (χ2v) is 10.8. The highest BCUT2D eigenvalue weighted by Gasteiger charge is 2.38. The fourth-order valence-electron chi connectivity index (χ4n) is 4.97. The molecule has 0 saturated carbocycles. The Morgan fingerprint density at radius 1 is 0.356 bits per heavy atom. The van der Waals surface area contributed by atoms with Crippen LogP contribution in [0.3, 0.4) is 0 Å². The summed E-state index contributed by atoms with van der Waals surface area (Å²) in [4.78, 5) is 0. The molecule has 0 amide bonds. The zero-order chi connectivity index (χ0) is 32.4. The highest BCUT2D eigenvalue weighted by Crippen LogP contribution is 2.45. The van der Waals surface area contributed by atoms with Gasteiger partial charge in [-0.05, 0) is 98.5 Å². The maximum Gasteiger partial charge on any atom is 0.112 e. The Hall–Kier alpha value is -5.04. The van der Waals surface area contributed by atoms with E-state index in [1.165, 1.54) is 0 Å². The van der Waals surface area contributed by atoms with Crippen molar-refractivity contribution in [1.29, 1.82) is 0 Å². The molecule has 4 aromatic carbocycles. The van der Waals surface area contributed by atoms with Gasteiger partial charge in [-0.1, -0.05) is 95.9 Å². The monoisotopic (exact) mass is 592 g/mol. The Labute approximate surface area is 266 Å². The van der Waals surface area contributed by atoms with Crippen LogP contribution in [0.1, 0.15) is 72.2 Å². The number of aliphatic hydroxyl groups excluding tert-OH is 4. The summed E-state index contributed by atoms with van der Waals surface area (Å²) in [5.41, 5.74) is 6.28. The highest BCUT2D eigenvalue weighted by molar-refractivity contribution is 5.62. The predicted octanol–water partition coefficient (Wildman–Crippen LogP) is 5.00. The second kappa shape index (κ2) is 15.1. The van der Waals surface area contributed by atoms with Gasteiger partial charge in [-0.3, -0.25) is 0 Å². The Kier molecular flexibility index (Phi) is 11.0. The first-order valence-corrected chi connectivity index (χ1v) is 14.8. The molecule has 4 N–H and O–H groups in total. The van der Waals surface area contributed by atoms with Crippen LogP contribution in [0, 0.1) is 47.4 Å². The standard InChI is InChI=1S/C41H36O4/c1-29(42)5-9-33-13-21-37(22-14-33)41(38-23-15-34(16-24-38)10-6-30(2)43,39-25-17-35(18-26-39)11-7-31(3)44)40-27-19-36(20-28-40)12-8-32(4)45/h13-32,42-45H,1-4H3/t29-,30-,31-,32-/m1/s1. The number of benzene rings is 4. The van der Waals surface area contributed by atoms with Gasteiger partial charge in [-0.15, -0.1) is 0 Å². The van der Waals surface area contributed by atoms with Crippen LogP contribution in [-0.4, -0.2) is 44.8 Å². The zero-order valence-electron chi connectivity index (χ0n) is 25.8. The van der Waals surface area contributed by atoms with Crippen LogP contribution in [0.15, 0.2) is 97.1 Å². The molecule has 0 aliphatic carbocycles. The average molecular weight is 593 g/mol. The number of hydrogen-bond acceptors (Lipinski definition) is 4. The molecule has 0 aliphatic rings. The second-order valence-electron chi connectivity index (χ2n) is 10.8. The maximum absolute atomic E-state index is 9.67. The summed E-state index contributed by atoms with van der Waals surface area (Å²) in [6.07, 6.45) is -2.93. The van der Waals surface area contributed by atoms with Crippen LogP contribution in [0.2, 0.25) is 0 Å². The van der Waals surface area contributed by atoms with Gasteiger partial charge in [0.15, 0.2) is 0 Å². The summed E-state index contributed by atoms with van der Waals surface area (Å²) in [5, 5.41) is 38.7. The van der Waals surface area contributed by atoms with Crippen LogP contribution >= 0.6 is 0 Å². The first kappa shape index (κ1) is 32.9. The first-order valence-electron chi connectivity index (χ1n) is 14.8. The van der Waals surface area contributed by atoms with Crippen molar-refractivity contribution in [3.05, 3.63) is 142 Å². The van der Waals surface area contributed by atoms with Gasteiger partial charge < -0.3 is 20.4 Å². The lowest BCUT2D eigenvalue weighted by molar-refractivity contribution is 0.253. The average Bonchev–Trinajstić information content (AvgIpc) is 3.03. The molecule has 0 radical (unpaired) electrons. The van der Waals surface area contributed by atoms with Crippen molar-refractivity contribution < 1.29 is 20.4 Å². The molecule has 224 valence electrons. The molecule has 0 saturated heterocycles. The smallest absolute Gasteiger partial charge is 0.112 e. The van der Waals surface area contributed by atoms with E-state index in [1.54, 1.807) is 27.7 Å². The molecule has 0 unspecified atom stereocenters. The minimum Gasteiger partial charge on any atom is -0.381 e. The van der Waals surface area contributed by atoms with E-state index >= 15 is 0 Å². The molecule has 0 spiro atoms. The number of hydrogen-bond donors (Lipinski definition) is 4. The molecule has 4 atom stereocenters. The van der Waals surface area contributed by atoms with Gasteiger partial charge in [-0.2, -0.15) is 0 Å². The largest absolute Gasteiger partial charge is 0.381 e. The van der Waals surface area contributed by atoms with E-state index in [2.05, 4.69) is 95.9 Å². The van der Waals surface area contributed by atoms with E-state index < -0.39 is 29.8 Å². The van der Waals surface area contributed by atoms with Crippen molar-refractivity contribution in [2.75, 3.05) is 0 Å². The third-order valence-corrected chi connectivity index (χ3v) is 6.97. The van der Waals surface area contributed by atoms with Crippen LogP contribution in [-0.2, 0) is 5.41 Å². The molecule has 0 heterocycles. The summed E-state index contributed by atoms with van der Waals surface area (Å²) >= 11 is 0. The fourth-order valence-corrected chi connectivity index (χ4v) is 4.97. The summed E-state index contributed by atoms with van der Waals surface area (Å²) in [5.74, 6) is 23.3. The minimum atomic E-state index is -0.793. The van der Waals surface area contributed by atoms with Gasteiger partial charge in [-0.25, -0.2) is 0 Å². The van der Waals surface area contributed by atoms with Crippen LogP contribution in [0.4, 0.5) is 0 Å². The van der Waals surface area contributed by atoms with E-state index in [4.69, 9.17) is 0 Å². The lowest BCUT2D eigenvalue weighted by atomic mass is 9.65. The molecule has 4 aromatic rings. The summed E-state index contributed by atoms with van der Waals surface area (Å²) in [6, 6.07) is 32.0. The maximum atomic E-state index is 9.67. The minimum absolute atomic E-state index is 0.731. The normalized spacial score (nSPS) is 13.2. The molecule has 4 rings (SSSR count). The van der Waals surface area contributed by atoms with Crippen molar-refractivity contribution in [2.24, 2.45) is 0 Å². The molecule has 0 aliphatic heterocycles. The van der Waals surface area contributed by atoms with E-state index in [-0.39, 0.29) is 0 Å². The van der Waals surface area contributed by atoms with Crippen LogP contribution in [0.25, 0.3) is 0 Å².